The number of amides is 1. The number of hydrogen-bond donors (Lipinski definition) is 2. The number of aliphatic carboxylic acids is 1. The first kappa shape index (κ1) is 15.6. The molecule has 0 spiro atoms. The topological polar surface area (TPSA) is 83.5 Å². The maximum atomic E-state index is 11.4. The molecule has 0 saturated carbocycles. The Morgan fingerprint density at radius 2 is 2.00 bits per heavy atom. The van der Waals surface area contributed by atoms with E-state index in [4.69, 9.17) is 5.11 Å². The Kier molecular flexibility index (Phi) is 9.01. The van der Waals surface area contributed by atoms with E-state index in [2.05, 4.69) is 12.2 Å². The third kappa shape index (κ3) is 8.42. The van der Waals surface area contributed by atoms with Gasteiger partial charge in [-0.3, -0.25) is 9.59 Å². The highest BCUT2D eigenvalue weighted by Crippen LogP contribution is 2.03. The van der Waals surface area contributed by atoms with Gasteiger partial charge in [0.1, 0.15) is 6.04 Å². The number of carboxylic acids is 1. The first-order valence-electron chi connectivity index (χ1n) is 5.99. The van der Waals surface area contributed by atoms with Crippen molar-refractivity contribution in [1.82, 2.24) is 5.32 Å². The molecule has 0 aliphatic heterocycles. The Morgan fingerprint density at radius 3 is 2.53 bits per heavy atom. The summed E-state index contributed by atoms with van der Waals surface area (Å²) in [4.78, 5) is 32.2. The zero-order valence-corrected chi connectivity index (χ0v) is 10.2. The Balaban J connectivity index is 3.86. The predicted molar refractivity (Wildman–Crippen MR) is 63.3 cm³/mol. The second-order valence-corrected chi connectivity index (χ2v) is 3.95. The average Bonchev–Trinajstić information content (AvgIpc) is 2.29. The van der Waals surface area contributed by atoms with Gasteiger partial charge in [-0.25, -0.2) is 4.79 Å². The second-order valence-electron chi connectivity index (χ2n) is 3.95. The van der Waals surface area contributed by atoms with Crippen LogP contribution in [-0.4, -0.2) is 29.3 Å². The summed E-state index contributed by atoms with van der Waals surface area (Å²) in [6.45, 7) is 2.08. The van der Waals surface area contributed by atoms with E-state index in [1.807, 2.05) is 0 Å². The van der Waals surface area contributed by atoms with Crippen molar-refractivity contribution in [3.63, 3.8) is 0 Å². The molecule has 2 N–H and O–H groups in total. The van der Waals surface area contributed by atoms with Gasteiger partial charge in [0.2, 0.25) is 5.91 Å². The minimum absolute atomic E-state index is 0.0209. The van der Waals surface area contributed by atoms with Crippen LogP contribution in [-0.2, 0) is 14.4 Å². The van der Waals surface area contributed by atoms with Crippen molar-refractivity contribution in [2.75, 3.05) is 0 Å². The Labute approximate surface area is 102 Å². The van der Waals surface area contributed by atoms with Gasteiger partial charge in [-0.1, -0.05) is 26.2 Å². The highest BCUT2D eigenvalue weighted by molar-refractivity contribution is 5.83. The van der Waals surface area contributed by atoms with Crippen LogP contribution in [0.25, 0.3) is 0 Å². The van der Waals surface area contributed by atoms with E-state index in [1.54, 1.807) is 6.29 Å². The fourth-order valence-corrected chi connectivity index (χ4v) is 1.44. The van der Waals surface area contributed by atoms with Gasteiger partial charge >= 0.3 is 5.97 Å². The van der Waals surface area contributed by atoms with Crippen molar-refractivity contribution in [2.45, 2.75) is 57.9 Å². The monoisotopic (exact) mass is 242 g/mol. The van der Waals surface area contributed by atoms with E-state index in [0.29, 0.717) is 6.42 Å². The summed E-state index contributed by atoms with van der Waals surface area (Å²) in [5.74, 6) is -1.37. The maximum absolute atomic E-state index is 11.4. The molecule has 5 heteroatoms. The van der Waals surface area contributed by atoms with Crippen LogP contribution in [0.15, 0.2) is 0 Å². The fourth-order valence-electron chi connectivity index (χ4n) is 1.44. The standard InChI is InChI=1S/C12H20NO4/c1-2-3-4-5-8-11(15)13-10(12(16)17)7-6-9-14/h10H,2-8H2,1H3,(H,13,15)(H,16,17)/t10-/m0/s1. The van der Waals surface area contributed by atoms with Crippen LogP contribution < -0.4 is 5.32 Å². The van der Waals surface area contributed by atoms with E-state index < -0.39 is 12.0 Å². The van der Waals surface area contributed by atoms with Gasteiger partial charge in [0, 0.05) is 12.8 Å². The lowest BCUT2D eigenvalue weighted by Gasteiger charge is -2.12. The van der Waals surface area contributed by atoms with Crippen molar-refractivity contribution in [2.24, 2.45) is 0 Å². The molecular weight excluding hydrogens is 222 g/mol. The van der Waals surface area contributed by atoms with Gasteiger partial charge in [-0.05, 0) is 12.8 Å². The minimum Gasteiger partial charge on any atom is -0.480 e. The van der Waals surface area contributed by atoms with E-state index >= 15 is 0 Å². The first-order chi connectivity index (χ1) is 8.11. The molecule has 1 atom stereocenters. The molecular formula is C12H20NO4. The molecule has 0 heterocycles. The molecule has 17 heavy (non-hydrogen) atoms. The van der Waals surface area contributed by atoms with Crippen LogP contribution in [0.4, 0.5) is 0 Å². The van der Waals surface area contributed by atoms with Crippen molar-refractivity contribution in [3.05, 3.63) is 0 Å². The molecule has 0 rings (SSSR count). The molecule has 0 aromatic carbocycles. The van der Waals surface area contributed by atoms with Crippen molar-refractivity contribution >= 4 is 18.2 Å². The van der Waals surface area contributed by atoms with E-state index in [9.17, 15) is 14.4 Å². The van der Waals surface area contributed by atoms with Crippen molar-refractivity contribution in [3.8, 4) is 0 Å². The third-order valence-electron chi connectivity index (χ3n) is 2.43. The minimum atomic E-state index is -1.11. The molecule has 97 valence electrons. The largest absolute Gasteiger partial charge is 0.480 e. The normalized spacial score (nSPS) is 11.8. The summed E-state index contributed by atoms with van der Waals surface area (Å²) in [5.41, 5.74) is 0. The van der Waals surface area contributed by atoms with Crippen LogP contribution in [0, 0.1) is 0 Å². The van der Waals surface area contributed by atoms with Gasteiger partial charge in [0.15, 0.2) is 6.29 Å². The Bertz CT molecular complexity index is 253. The molecule has 0 aliphatic rings. The zero-order chi connectivity index (χ0) is 13.1. The zero-order valence-electron chi connectivity index (χ0n) is 10.2. The number of rotatable bonds is 10. The summed E-state index contributed by atoms with van der Waals surface area (Å²) in [6.07, 6.45) is 6.00. The van der Waals surface area contributed by atoms with Crippen LogP contribution in [0.3, 0.4) is 0 Å². The summed E-state index contributed by atoms with van der Waals surface area (Å²) in [7, 11) is 0. The molecule has 0 saturated heterocycles. The maximum Gasteiger partial charge on any atom is 0.326 e. The van der Waals surface area contributed by atoms with Crippen LogP contribution in [0.5, 0.6) is 0 Å². The molecule has 0 aliphatic carbocycles. The Morgan fingerprint density at radius 1 is 1.29 bits per heavy atom. The highest BCUT2D eigenvalue weighted by atomic mass is 16.4. The van der Waals surface area contributed by atoms with Crippen LogP contribution >= 0.6 is 0 Å². The highest BCUT2D eigenvalue weighted by Gasteiger charge is 2.18. The lowest BCUT2D eigenvalue weighted by atomic mass is 10.1. The number of carbonyl (C=O) groups is 2. The van der Waals surface area contributed by atoms with Crippen molar-refractivity contribution in [1.29, 1.82) is 0 Å². The Hall–Kier alpha value is -1.39. The van der Waals surface area contributed by atoms with Gasteiger partial charge in [-0.2, -0.15) is 0 Å². The summed E-state index contributed by atoms with van der Waals surface area (Å²) in [5, 5.41) is 11.2. The third-order valence-corrected chi connectivity index (χ3v) is 2.43. The van der Waals surface area contributed by atoms with Crippen LogP contribution in [0.1, 0.15) is 51.9 Å². The molecule has 0 unspecified atom stereocenters. The predicted octanol–water partition coefficient (Wildman–Crippen LogP) is 1.42. The summed E-state index contributed by atoms with van der Waals surface area (Å²) < 4.78 is 0. The number of carboxylic acid groups (broad SMARTS) is 1. The van der Waals surface area contributed by atoms with Gasteiger partial charge in [0.05, 0.1) is 0 Å². The van der Waals surface area contributed by atoms with E-state index in [-0.39, 0.29) is 18.7 Å². The van der Waals surface area contributed by atoms with Gasteiger partial charge in [-0.15, -0.1) is 0 Å². The molecule has 0 aromatic heterocycles. The molecule has 0 fully saturated rings. The molecule has 5 nitrogen and oxygen atoms in total. The molecule has 0 bridgehead atoms. The molecule has 1 radical (unpaired) electrons. The summed E-state index contributed by atoms with van der Waals surface area (Å²) >= 11 is 0. The van der Waals surface area contributed by atoms with Gasteiger partial charge < -0.3 is 10.4 Å². The average molecular weight is 242 g/mol. The van der Waals surface area contributed by atoms with Gasteiger partial charge in [0.25, 0.3) is 0 Å². The number of hydrogen-bond acceptors (Lipinski definition) is 3. The fraction of sp³-hybridized carbons (Fsp3) is 0.750. The number of unbranched alkanes of at least 4 members (excludes halogenated alkanes) is 3. The van der Waals surface area contributed by atoms with Crippen LogP contribution in [0.2, 0.25) is 0 Å². The second kappa shape index (κ2) is 9.81. The summed E-state index contributed by atoms with van der Waals surface area (Å²) in [6, 6.07) is -0.977. The smallest absolute Gasteiger partial charge is 0.326 e. The molecule has 1 amide bonds. The van der Waals surface area contributed by atoms with Crippen molar-refractivity contribution < 1.29 is 19.5 Å². The molecule has 0 aromatic rings. The lowest BCUT2D eigenvalue weighted by molar-refractivity contribution is -0.142. The van der Waals surface area contributed by atoms with E-state index in [1.165, 1.54) is 0 Å². The number of carbonyl (C=O) groups excluding carboxylic acids is 2. The number of nitrogens with one attached hydrogen (secondary N) is 1. The SMILES string of the molecule is CCCCCCC(=O)N[C@@H](CC[C]=O)C(=O)O. The lowest BCUT2D eigenvalue weighted by Crippen LogP contribution is -2.40. The quantitative estimate of drug-likeness (QED) is 0.567. The van der Waals surface area contributed by atoms with E-state index in [0.717, 1.165) is 25.7 Å². The first-order valence-corrected chi connectivity index (χ1v) is 5.99.